The van der Waals surface area contributed by atoms with Crippen LogP contribution >= 0.6 is 15.9 Å². The van der Waals surface area contributed by atoms with Gasteiger partial charge in [0.05, 0.1) is 0 Å². The monoisotopic (exact) mass is 271 g/mol. The van der Waals surface area contributed by atoms with E-state index in [4.69, 9.17) is 0 Å². The molecule has 0 aliphatic rings. The number of rotatable bonds is 5. The van der Waals surface area contributed by atoms with Crippen LogP contribution in [0.4, 0.5) is 5.82 Å². The quantitative estimate of drug-likeness (QED) is 0.865. The van der Waals surface area contributed by atoms with Crippen molar-refractivity contribution in [3.63, 3.8) is 0 Å². The third-order valence-electron chi connectivity index (χ3n) is 1.98. The van der Waals surface area contributed by atoms with E-state index < -0.39 is 0 Å². The van der Waals surface area contributed by atoms with Crippen LogP contribution in [-0.2, 0) is 6.54 Å². The van der Waals surface area contributed by atoms with Gasteiger partial charge >= 0.3 is 0 Å². The van der Waals surface area contributed by atoms with Crippen LogP contribution in [0.15, 0.2) is 16.7 Å². The molecule has 0 bridgehead atoms. The molecule has 0 fully saturated rings. The molecule has 1 aromatic rings. The number of pyridine rings is 1. The molecule has 2 N–H and O–H groups in total. The first-order valence-electron chi connectivity index (χ1n) is 5.25. The van der Waals surface area contributed by atoms with Gasteiger partial charge in [0.25, 0.3) is 0 Å². The van der Waals surface area contributed by atoms with E-state index in [-0.39, 0.29) is 0 Å². The molecule has 0 radical (unpaired) electrons. The van der Waals surface area contributed by atoms with Crippen molar-refractivity contribution >= 4 is 21.7 Å². The zero-order chi connectivity index (χ0) is 11.3. The van der Waals surface area contributed by atoms with Gasteiger partial charge in [-0.1, -0.05) is 13.8 Å². The van der Waals surface area contributed by atoms with Crippen molar-refractivity contribution in [1.82, 2.24) is 10.3 Å². The Kier molecular flexibility index (Phi) is 5.05. The van der Waals surface area contributed by atoms with Gasteiger partial charge in [-0.2, -0.15) is 0 Å². The molecule has 0 saturated heterocycles. The lowest BCUT2D eigenvalue weighted by molar-refractivity contribution is 0.588. The number of nitrogens with zero attached hydrogens (tertiary/aromatic N) is 1. The van der Waals surface area contributed by atoms with Crippen molar-refractivity contribution in [3.05, 3.63) is 22.3 Å². The van der Waals surface area contributed by atoms with Gasteiger partial charge in [0.15, 0.2) is 0 Å². The molecule has 0 saturated carbocycles. The van der Waals surface area contributed by atoms with Crippen LogP contribution in [0.25, 0.3) is 0 Å². The molecule has 15 heavy (non-hydrogen) atoms. The number of anilines is 1. The summed E-state index contributed by atoms with van der Waals surface area (Å²) in [5.74, 6) is 0.967. The normalized spacial score (nSPS) is 10.7. The Morgan fingerprint density at radius 2 is 2.20 bits per heavy atom. The maximum atomic E-state index is 4.35. The van der Waals surface area contributed by atoms with E-state index in [1.165, 1.54) is 5.56 Å². The highest BCUT2D eigenvalue weighted by molar-refractivity contribution is 9.10. The predicted molar refractivity (Wildman–Crippen MR) is 68.1 cm³/mol. The van der Waals surface area contributed by atoms with E-state index in [1.54, 1.807) is 0 Å². The molecule has 4 heteroatoms. The Morgan fingerprint density at radius 1 is 1.47 bits per heavy atom. The third kappa shape index (κ3) is 4.18. The highest BCUT2D eigenvalue weighted by atomic mass is 79.9. The number of aromatic nitrogens is 1. The van der Waals surface area contributed by atoms with Crippen molar-refractivity contribution in [3.8, 4) is 0 Å². The summed E-state index contributed by atoms with van der Waals surface area (Å²) in [5.41, 5.74) is 1.19. The maximum Gasteiger partial charge on any atom is 0.130 e. The average molecular weight is 272 g/mol. The van der Waals surface area contributed by atoms with E-state index in [0.29, 0.717) is 6.04 Å². The van der Waals surface area contributed by atoms with Crippen LogP contribution in [0.5, 0.6) is 0 Å². The largest absolute Gasteiger partial charge is 0.370 e. The van der Waals surface area contributed by atoms with Crippen LogP contribution in [-0.4, -0.2) is 17.6 Å². The molecule has 1 aromatic heterocycles. The molecule has 84 valence electrons. The number of halogens is 1. The van der Waals surface area contributed by atoms with Crippen LogP contribution < -0.4 is 10.6 Å². The number of hydrogen-bond donors (Lipinski definition) is 2. The lowest BCUT2D eigenvalue weighted by Crippen LogP contribution is -2.22. The van der Waals surface area contributed by atoms with E-state index >= 15 is 0 Å². The Morgan fingerprint density at radius 3 is 2.80 bits per heavy atom. The summed E-state index contributed by atoms with van der Waals surface area (Å²) in [7, 11) is 0. The molecule has 0 unspecified atom stereocenters. The molecule has 1 heterocycles. The first-order chi connectivity index (χ1) is 7.13. The fourth-order valence-corrected chi connectivity index (χ4v) is 1.64. The molecule has 0 aliphatic carbocycles. The van der Waals surface area contributed by atoms with Gasteiger partial charge < -0.3 is 10.6 Å². The Bertz CT molecular complexity index is 313. The molecule has 0 amide bonds. The van der Waals surface area contributed by atoms with Crippen LogP contribution in [0, 0.1) is 0 Å². The summed E-state index contributed by atoms with van der Waals surface area (Å²) < 4.78 is 1.02. The van der Waals surface area contributed by atoms with Crippen molar-refractivity contribution in [2.45, 2.75) is 33.4 Å². The maximum absolute atomic E-state index is 4.35. The summed E-state index contributed by atoms with van der Waals surface area (Å²) in [6.07, 6.45) is 1.82. The Hall–Kier alpha value is -0.610. The molecule has 0 atom stereocenters. The minimum Gasteiger partial charge on any atom is -0.370 e. The second-order valence-corrected chi connectivity index (χ2v) is 4.64. The van der Waals surface area contributed by atoms with Crippen LogP contribution in [0.2, 0.25) is 0 Å². The fourth-order valence-electron chi connectivity index (χ4n) is 1.26. The van der Waals surface area contributed by atoms with E-state index in [2.05, 4.69) is 58.4 Å². The smallest absolute Gasteiger partial charge is 0.130 e. The fraction of sp³-hybridized carbons (Fsp3) is 0.545. The predicted octanol–water partition coefficient (Wildman–Crippen LogP) is 2.77. The summed E-state index contributed by atoms with van der Waals surface area (Å²) in [4.78, 5) is 4.35. The van der Waals surface area contributed by atoms with Gasteiger partial charge in [-0.05, 0) is 28.9 Å². The number of nitrogens with one attached hydrogen (secondary N) is 2. The summed E-state index contributed by atoms with van der Waals surface area (Å²) in [5, 5.41) is 6.64. The van der Waals surface area contributed by atoms with Gasteiger partial charge in [-0.3, -0.25) is 0 Å². The first-order valence-corrected chi connectivity index (χ1v) is 6.04. The standard InChI is InChI=1S/C11H18BrN3/c1-4-13-11-9(6-14-8(2)3)5-10(12)7-15-11/h5,7-8,14H,4,6H2,1-3H3,(H,13,15). The lowest BCUT2D eigenvalue weighted by Gasteiger charge is -2.12. The minimum atomic E-state index is 0.485. The highest BCUT2D eigenvalue weighted by Gasteiger charge is 2.04. The number of hydrogen-bond acceptors (Lipinski definition) is 3. The van der Waals surface area contributed by atoms with E-state index in [0.717, 1.165) is 23.4 Å². The zero-order valence-corrected chi connectivity index (χ0v) is 11.1. The van der Waals surface area contributed by atoms with Gasteiger partial charge in [-0.15, -0.1) is 0 Å². The molecule has 0 aromatic carbocycles. The molecule has 0 spiro atoms. The second-order valence-electron chi connectivity index (χ2n) is 3.73. The first kappa shape index (κ1) is 12.5. The molecule has 1 rings (SSSR count). The van der Waals surface area contributed by atoms with E-state index in [9.17, 15) is 0 Å². The van der Waals surface area contributed by atoms with Gasteiger partial charge in [0.1, 0.15) is 5.82 Å². The van der Waals surface area contributed by atoms with Gasteiger partial charge in [0.2, 0.25) is 0 Å². The summed E-state index contributed by atoms with van der Waals surface area (Å²) >= 11 is 3.44. The average Bonchev–Trinajstić information content (AvgIpc) is 2.18. The Balaban J connectivity index is 2.77. The zero-order valence-electron chi connectivity index (χ0n) is 9.47. The molecule has 0 aliphatic heterocycles. The van der Waals surface area contributed by atoms with Crippen molar-refractivity contribution < 1.29 is 0 Å². The van der Waals surface area contributed by atoms with E-state index in [1.807, 2.05) is 6.20 Å². The topological polar surface area (TPSA) is 37.0 Å². The molecular weight excluding hydrogens is 254 g/mol. The van der Waals surface area contributed by atoms with Gasteiger partial charge in [-0.25, -0.2) is 4.98 Å². The van der Waals surface area contributed by atoms with Crippen LogP contribution in [0.3, 0.4) is 0 Å². The lowest BCUT2D eigenvalue weighted by atomic mass is 10.2. The van der Waals surface area contributed by atoms with Crippen LogP contribution in [0.1, 0.15) is 26.3 Å². The second kappa shape index (κ2) is 6.08. The third-order valence-corrected chi connectivity index (χ3v) is 2.41. The Labute approximate surface area is 99.8 Å². The SMILES string of the molecule is CCNc1ncc(Br)cc1CNC(C)C. The minimum absolute atomic E-state index is 0.485. The van der Waals surface area contributed by atoms with Gasteiger partial charge in [0, 0.05) is 35.4 Å². The molecular formula is C11H18BrN3. The molecule has 3 nitrogen and oxygen atoms in total. The summed E-state index contributed by atoms with van der Waals surface area (Å²) in [6.45, 7) is 8.08. The van der Waals surface area contributed by atoms with Crippen molar-refractivity contribution in [1.29, 1.82) is 0 Å². The van der Waals surface area contributed by atoms with Crippen molar-refractivity contribution in [2.75, 3.05) is 11.9 Å². The highest BCUT2D eigenvalue weighted by Crippen LogP contribution is 2.17. The summed E-state index contributed by atoms with van der Waals surface area (Å²) in [6, 6.07) is 2.58. The van der Waals surface area contributed by atoms with Crippen molar-refractivity contribution in [2.24, 2.45) is 0 Å².